The van der Waals surface area contributed by atoms with Crippen LogP contribution in [0, 0.1) is 0 Å². The lowest BCUT2D eigenvalue weighted by Crippen LogP contribution is -2.31. The molecule has 0 atom stereocenters. The van der Waals surface area contributed by atoms with Gasteiger partial charge in [0.15, 0.2) is 0 Å². The van der Waals surface area contributed by atoms with Gasteiger partial charge in [-0.25, -0.2) is 0 Å². The SMILES string of the molecule is CCN(CC)CCOc1ccc(NC(=O)CNC(=O)/C=C/c2ccccc2)cc1. The fourth-order valence-corrected chi connectivity index (χ4v) is 2.63. The number of hydrogen-bond donors (Lipinski definition) is 2. The van der Waals surface area contributed by atoms with Crippen molar-refractivity contribution in [3.05, 3.63) is 66.2 Å². The lowest BCUT2D eigenvalue weighted by molar-refractivity contribution is -0.121. The molecule has 0 heterocycles. The van der Waals surface area contributed by atoms with E-state index < -0.39 is 0 Å². The molecule has 154 valence electrons. The number of nitrogens with zero attached hydrogens (tertiary/aromatic N) is 1. The van der Waals surface area contributed by atoms with Gasteiger partial charge in [0.2, 0.25) is 11.8 Å². The molecule has 2 amide bonds. The van der Waals surface area contributed by atoms with Gasteiger partial charge in [0.25, 0.3) is 0 Å². The summed E-state index contributed by atoms with van der Waals surface area (Å²) in [5.74, 6) is 0.150. The average molecular weight is 396 g/mol. The first-order valence-electron chi connectivity index (χ1n) is 9.86. The van der Waals surface area contributed by atoms with Crippen LogP contribution in [-0.4, -0.2) is 49.5 Å². The van der Waals surface area contributed by atoms with E-state index in [1.54, 1.807) is 18.2 Å². The van der Waals surface area contributed by atoms with Crippen molar-refractivity contribution in [3.8, 4) is 5.75 Å². The van der Waals surface area contributed by atoms with Gasteiger partial charge in [0, 0.05) is 18.3 Å². The minimum atomic E-state index is -0.319. The molecular formula is C23H29N3O3. The van der Waals surface area contributed by atoms with Crippen molar-refractivity contribution < 1.29 is 14.3 Å². The summed E-state index contributed by atoms with van der Waals surface area (Å²) in [6.45, 7) is 7.67. The summed E-state index contributed by atoms with van der Waals surface area (Å²) in [6.07, 6.45) is 3.11. The lowest BCUT2D eigenvalue weighted by Gasteiger charge is -2.18. The van der Waals surface area contributed by atoms with Crippen LogP contribution in [-0.2, 0) is 9.59 Å². The fraction of sp³-hybridized carbons (Fsp3) is 0.304. The third-order valence-corrected chi connectivity index (χ3v) is 4.36. The van der Waals surface area contributed by atoms with Gasteiger partial charge in [-0.15, -0.1) is 0 Å². The van der Waals surface area contributed by atoms with Gasteiger partial charge in [-0.2, -0.15) is 0 Å². The molecule has 2 aromatic carbocycles. The van der Waals surface area contributed by atoms with Crippen molar-refractivity contribution in [2.75, 3.05) is 38.1 Å². The number of nitrogens with one attached hydrogen (secondary N) is 2. The van der Waals surface area contributed by atoms with Gasteiger partial charge >= 0.3 is 0 Å². The average Bonchev–Trinajstić information content (AvgIpc) is 2.76. The summed E-state index contributed by atoms with van der Waals surface area (Å²) in [4.78, 5) is 26.1. The Labute approximate surface area is 172 Å². The van der Waals surface area contributed by atoms with Crippen molar-refractivity contribution in [3.63, 3.8) is 0 Å². The van der Waals surface area contributed by atoms with Crippen LogP contribution in [0.4, 0.5) is 5.69 Å². The van der Waals surface area contributed by atoms with E-state index in [9.17, 15) is 9.59 Å². The maximum absolute atomic E-state index is 12.0. The van der Waals surface area contributed by atoms with Crippen LogP contribution in [0.3, 0.4) is 0 Å². The van der Waals surface area contributed by atoms with Crippen LogP contribution < -0.4 is 15.4 Å². The molecule has 2 aromatic rings. The summed E-state index contributed by atoms with van der Waals surface area (Å²) >= 11 is 0. The summed E-state index contributed by atoms with van der Waals surface area (Å²) in [7, 11) is 0. The molecule has 0 aliphatic rings. The number of likely N-dealkylation sites (N-methyl/N-ethyl adjacent to an activating group) is 1. The van der Waals surface area contributed by atoms with Crippen LogP contribution in [0.1, 0.15) is 19.4 Å². The molecule has 0 aliphatic carbocycles. The molecule has 0 unspecified atom stereocenters. The minimum Gasteiger partial charge on any atom is -0.492 e. The molecule has 0 aliphatic heterocycles. The minimum absolute atomic E-state index is 0.0971. The number of carbonyl (C=O) groups excluding carboxylic acids is 2. The van der Waals surface area contributed by atoms with E-state index in [-0.39, 0.29) is 18.4 Å². The van der Waals surface area contributed by atoms with E-state index in [1.807, 2.05) is 42.5 Å². The van der Waals surface area contributed by atoms with E-state index in [1.165, 1.54) is 6.08 Å². The molecule has 0 fully saturated rings. The largest absolute Gasteiger partial charge is 0.492 e. The number of ether oxygens (including phenoxy) is 1. The van der Waals surface area contributed by atoms with Gasteiger partial charge in [-0.1, -0.05) is 44.2 Å². The Morgan fingerprint density at radius 3 is 2.34 bits per heavy atom. The fourth-order valence-electron chi connectivity index (χ4n) is 2.63. The molecule has 0 radical (unpaired) electrons. The van der Waals surface area contributed by atoms with Crippen molar-refractivity contribution in [2.45, 2.75) is 13.8 Å². The van der Waals surface area contributed by atoms with Crippen LogP contribution in [0.5, 0.6) is 5.75 Å². The summed E-state index contributed by atoms with van der Waals surface area (Å²) in [6, 6.07) is 16.7. The molecule has 0 aromatic heterocycles. The molecule has 0 spiro atoms. The molecule has 2 N–H and O–H groups in total. The van der Waals surface area contributed by atoms with E-state index in [4.69, 9.17) is 4.74 Å². The molecule has 6 heteroatoms. The van der Waals surface area contributed by atoms with Gasteiger partial charge in [-0.05, 0) is 49.0 Å². The Bertz CT molecular complexity index is 785. The summed E-state index contributed by atoms with van der Waals surface area (Å²) in [5.41, 5.74) is 1.58. The highest BCUT2D eigenvalue weighted by atomic mass is 16.5. The Morgan fingerprint density at radius 2 is 1.69 bits per heavy atom. The van der Waals surface area contributed by atoms with Gasteiger partial charge in [0.1, 0.15) is 12.4 Å². The smallest absolute Gasteiger partial charge is 0.244 e. The van der Waals surface area contributed by atoms with E-state index in [2.05, 4.69) is 29.4 Å². The molecule has 2 rings (SSSR count). The monoisotopic (exact) mass is 395 g/mol. The van der Waals surface area contributed by atoms with Crippen molar-refractivity contribution >= 4 is 23.6 Å². The Hall–Kier alpha value is -3.12. The number of rotatable bonds is 11. The quantitative estimate of drug-likeness (QED) is 0.574. The van der Waals surface area contributed by atoms with Crippen molar-refractivity contribution in [1.82, 2.24) is 10.2 Å². The van der Waals surface area contributed by atoms with Crippen LogP contribution >= 0.6 is 0 Å². The standard InChI is InChI=1S/C23H29N3O3/c1-3-26(4-2)16-17-29-21-13-11-20(12-14-21)25-23(28)18-24-22(27)15-10-19-8-6-5-7-9-19/h5-15H,3-4,16-18H2,1-2H3,(H,24,27)(H,25,28)/b15-10+. The first kappa shape index (κ1) is 22.2. The second kappa shape index (κ2) is 12.4. The zero-order chi connectivity index (χ0) is 20.9. The second-order valence-corrected chi connectivity index (χ2v) is 6.41. The van der Waals surface area contributed by atoms with Crippen molar-refractivity contribution in [1.29, 1.82) is 0 Å². The van der Waals surface area contributed by atoms with Crippen molar-refractivity contribution in [2.24, 2.45) is 0 Å². The zero-order valence-electron chi connectivity index (χ0n) is 17.1. The molecule has 0 saturated heterocycles. The third kappa shape index (κ3) is 8.62. The molecule has 29 heavy (non-hydrogen) atoms. The Kier molecular flexibility index (Phi) is 9.45. The van der Waals surface area contributed by atoms with Gasteiger partial charge in [0.05, 0.1) is 6.54 Å². The Balaban J connectivity index is 1.70. The molecule has 6 nitrogen and oxygen atoms in total. The maximum atomic E-state index is 12.0. The summed E-state index contributed by atoms with van der Waals surface area (Å²) in [5, 5.41) is 5.32. The first-order chi connectivity index (χ1) is 14.1. The molecule has 0 bridgehead atoms. The number of anilines is 1. The molecule has 0 saturated carbocycles. The maximum Gasteiger partial charge on any atom is 0.244 e. The summed E-state index contributed by atoms with van der Waals surface area (Å²) < 4.78 is 5.72. The molecular weight excluding hydrogens is 366 g/mol. The van der Waals surface area contributed by atoms with E-state index in [0.29, 0.717) is 12.3 Å². The third-order valence-electron chi connectivity index (χ3n) is 4.36. The highest BCUT2D eigenvalue weighted by molar-refractivity contribution is 5.97. The van der Waals surface area contributed by atoms with Crippen LogP contribution in [0.2, 0.25) is 0 Å². The highest BCUT2D eigenvalue weighted by Gasteiger charge is 2.05. The number of benzene rings is 2. The highest BCUT2D eigenvalue weighted by Crippen LogP contribution is 2.15. The topological polar surface area (TPSA) is 70.7 Å². The van der Waals surface area contributed by atoms with Crippen LogP contribution in [0.25, 0.3) is 6.08 Å². The van der Waals surface area contributed by atoms with Gasteiger partial charge < -0.3 is 20.3 Å². The number of amides is 2. The lowest BCUT2D eigenvalue weighted by atomic mass is 10.2. The number of carbonyl (C=O) groups is 2. The van der Waals surface area contributed by atoms with E-state index >= 15 is 0 Å². The first-order valence-corrected chi connectivity index (χ1v) is 9.86. The normalized spacial score (nSPS) is 10.9. The number of hydrogen-bond acceptors (Lipinski definition) is 4. The predicted molar refractivity (Wildman–Crippen MR) is 117 cm³/mol. The van der Waals surface area contributed by atoms with Crippen LogP contribution in [0.15, 0.2) is 60.7 Å². The Morgan fingerprint density at radius 1 is 1.00 bits per heavy atom. The van der Waals surface area contributed by atoms with E-state index in [0.717, 1.165) is 30.9 Å². The second-order valence-electron chi connectivity index (χ2n) is 6.41. The zero-order valence-corrected chi connectivity index (χ0v) is 17.1. The van der Waals surface area contributed by atoms with Gasteiger partial charge in [-0.3, -0.25) is 9.59 Å². The predicted octanol–water partition coefficient (Wildman–Crippen LogP) is 3.18.